The molecule has 0 aromatic heterocycles. The van der Waals surface area contributed by atoms with Gasteiger partial charge in [-0.2, -0.15) is 0 Å². The SMILES string of the molecule is CCCCC(=C(C)C(N)=O)C1CC1. The summed E-state index contributed by atoms with van der Waals surface area (Å²) < 4.78 is 0. The van der Waals surface area contributed by atoms with Crippen molar-refractivity contribution in [3.63, 3.8) is 0 Å². The lowest BCUT2D eigenvalue weighted by molar-refractivity contribution is -0.114. The van der Waals surface area contributed by atoms with Gasteiger partial charge in [0.05, 0.1) is 0 Å². The fourth-order valence-electron chi connectivity index (χ4n) is 1.66. The van der Waals surface area contributed by atoms with Crippen molar-refractivity contribution in [2.24, 2.45) is 11.7 Å². The van der Waals surface area contributed by atoms with Crippen LogP contribution in [-0.4, -0.2) is 5.91 Å². The Kier molecular flexibility index (Phi) is 3.52. The van der Waals surface area contributed by atoms with E-state index in [-0.39, 0.29) is 5.91 Å². The minimum atomic E-state index is -0.238. The summed E-state index contributed by atoms with van der Waals surface area (Å²) in [7, 11) is 0. The molecule has 1 amide bonds. The number of rotatable bonds is 5. The lowest BCUT2D eigenvalue weighted by atomic mass is 9.98. The van der Waals surface area contributed by atoms with E-state index >= 15 is 0 Å². The maximum absolute atomic E-state index is 11.0. The van der Waals surface area contributed by atoms with Crippen molar-refractivity contribution in [2.45, 2.75) is 46.0 Å². The summed E-state index contributed by atoms with van der Waals surface area (Å²) in [4.78, 5) is 11.0. The normalized spacial score (nSPS) is 18.3. The van der Waals surface area contributed by atoms with E-state index in [1.54, 1.807) is 0 Å². The van der Waals surface area contributed by atoms with Gasteiger partial charge in [0, 0.05) is 5.57 Å². The summed E-state index contributed by atoms with van der Waals surface area (Å²) >= 11 is 0. The first-order valence-electron chi connectivity index (χ1n) is 5.16. The number of hydrogen-bond acceptors (Lipinski definition) is 1. The Morgan fingerprint density at radius 1 is 1.46 bits per heavy atom. The molecular formula is C11H19NO. The highest BCUT2D eigenvalue weighted by Gasteiger charge is 2.27. The van der Waals surface area contributed by atoms with Crippen LogP contribution in [0.25, 0.3) is 0 Å². The summed E-state index contributed by atoms with van der Waals surface area (Å²) in [5, 5.41) is 0. The molecule has 0 heterocycles. The van der Waals surface area contributed by atoms with Crippen LogP contribution in [0.15, 0.2) is 11.1 Å². The molecule has 13 heavy (non-hydrogen) atoms. The molecule has 1 aliphatic rings. The van der Waals surface area contributed by atoms with Crippen LogP contribution in [0.2, 0.25) is 0 Å². The molecule has 1 aliphatic carbocycles. The zero-order valence-electron chi connectivity index (χ0n) is 8.60. The van der Waals surface area contributed by atoms with Crippen molar-refractivity contribution in [3.8, 4) is 0 Å². The molecule has 0 unspecified atom stereocenters. The second-order valence-electron chi connectivity index (χ2n) is 3.89. The predicted octanol–water partition coefficient (Wildman–Crippen LogP) is 2.39. The Morgan fingerprint density at radius 2 is 2.08 bits per heavy atom. The van der Waals surface area contributed by atoms with Gasteiger partial charge in [-0.1, -0.05) is 18.9 Å². The Bertz CT molecular complexity index is 226. The maximum Gasteiger partial charge on any atom is 0.244 e. The first-order valence-corrected chi connectivity index (χ1v) is 5.16. The van der Waals surface area contributed by atoms with E-state index in [4.69, 9.17) is 5.73 Å². The van der Waals surface area contributed by atoms with Gasteiger partial charge in [0.1, 0.15) is 0 Å². The van der Waals surface area contributed by atoms with E-state index < -0.39 is 0 Å². The van der Waals surface area contributed by atoms with Gasteiger partial charge in [-0.25, -0.2) is 0 Å². The largest absolute Gasteiger partial charge is 0.366 e. The van der Waals surface area contributed by atoms with E-state index in [1.165, 1.54) is 31.3 Å². The van der Waals surface area contributed by atoms with Crippen LogP contribution in [0.5, 0.6) is 0 Å². The molecule has 0 spiro atoms. The zero-order chi connectivity index (χ0) is 9.84. The van der Waals surface area contributed by atoms with Crippen molar-refractivity contribution in [1.29, 1.82) is 0 Å². The highest BCUT2D eigenvalue weighted by molar-refractivity contribution is 5.92. The standard InChI is InChI=1S/C11H19NO/c1-3-4-5-10(9-6-7-9)8(2)11(12)13/h9H,3-7H2,1-2H3,(H2,12,13). The Labute approximate surface area is 80.2 Å². The molecule has 2 N–H and O–H groups in total. The van der Waals surface area contributed by atoms with Crippen molar-refractivity contribution in [1.82, 2.24) is 0 Å². The van der Waals surface area contributed by atoms with Crippen molar-refractivity contribution < 1.29 is 4.79 Å². The molecule has 0 atom stereocenters. The number of carbonyl (C=O) groups excluding carboxylic acids is 1. The monoisotopic (exact) mass is 181 g/mol. The van der Waals surface area contributed by atoms with Gasteiger partial charge in [0.15, 0.2) is 0 Å². The van der Waals surface area contributed by atoms with E-state index in [2.05, 4.69) is 6.92 Å². The molecule has 74 valence electrons. The maximum atomic E-state index is 11.0. The molecule has 1 saturated carbocycles. The van der Waals surface area contributed by atoms with Crippen LogP contribution >= 0.6 is 0 Å². The molecule has 0 aliphatic heterocycles. The third kappa shape index (κ3) is 2.87. The number of unbranched alkanes of at least 4 members (excludes halogenated alkanes) is 1. The van der Waals surface area contributed by atoms with Crippen LogP contribution in [0.3, 0.4) is 0 Å². The highest BCUT2D eigenvalue weighted by Crippen LogP contribution is 2.40. The first-order chi connectivity index (χ1) is 6.16. The van der Waals surface area contributed by atoms with Crippen LogP contribution < -0.4 is 5.73 Å². The van der Waals surface area contributed by atoms with Crippen LogP contribution in [-0.2, 0) is 4.79 Å². The molecule has 2 heteroatoms. The average molecular weight is 181 g/mol. The molecule has 0 aromatic rings. The Balaban J connectivity index is 2.64. The van der Waals surface area contributed by atoms with Crippen molar-refractivity contribution in [2.75, 3.05) is 0 Å². The predicted molar refractivity (Wildman–Crippen MR) is 54.1 cm³/mol. The fraction of sp³-hybridized carbons (Fsp3) is 0.727. The number of nitrogens with two attached hydrogens (primary N) is 1. The number of amides is 1. The summed E-state index contributed by atoms with van der Waals surface area (Å²) in [6.07, 6.45) is 5.93. The van der Waals surface area contributed by atoms with Gasteiger partial charge < -0.3 is 5.73 Å². The van der Waals surface area contributed by atoms with Crippen molar-refractivity contribution in [3.05, 3.63) is 11.1 Å². The smallest absolute Gasteiger partial charge is 0.244 e. The van der Waals surface area contributed by atoms with Gasteiger partial charge >= 0.3 is 0 Å². The van der Waals surface area contributed by atoms with E-state index in [0.29, 0.717) is 5.92 Å². The molecule has 0 aromatic carbocycles. The minimum Gasteiger partial charge on any atom is -0.366 e. The highest BCUT2D eigenvalue weighted by atomic mass is 16.1. The van der Waals surface area contributed by atoms with E-state index in [1.807, 2.05) is 6.92 Å². The second kappa shape index (κ2) is 4.45. The van der Waals surface area contributed by atoms with Crippen LogP contribution in [0.1, 0.15) is 46.0 Å². The van der Waals surface area contributed by atoms with Gasteiger partial charge in [-0.05, 0) is 38.5 Å². The molecule has 0 bridgehead atoms. The summed E-state index contributed by atoms with van der Waals surface area (Å²) in [5.74, 6) is 0.442. The number of primary amides is 1. The first kappa shape index (κ1) is 10.3. The van der Waals surface area contributed by atoms with Crippen LogP contribution in [0.4, 0.5) is 0 Å². The molecule has 0 saturated heterocycles. The number of allylic oxidation sites excluding steroid dienone is 1. The summed E-state index contributed by atoms with van der Waals surface area (Å²) in [6, 6.07) is 0. The molecule has 1 rings (SSSR count). The second-order valence-corrected chi connectivity index (χ2v) is 3.89. The van der Waals surface area contributed by atoms with Gasteiger partial charge in [-0.3, -0.25) is 4.79 Å². The fourth-order valence-corrected chi connectivity index (χ4v) is 1.66. The van der Waals surface area contributed by atoms with Crippen molar-refractivity contribution >= 4 is 5.91 Å². The molecule has 2 nitrogen and oxygen atoms in total. The average Bonchev–Trinajstić information content (AvgIpc) is 2.88. The third-order valence-corrected chi connectivity index (χ3v) is 2.72. The van der Waals surface area contributed by atoms with E-state index in [9.17, 15) is 4.79 Å². The summed E-state index contributed by atoms with van der Waals surface area (Å²) in [6.45, 7) is 4.04. The number of carbonyl (C=O) groups is 1. The van der Waals surface area contributed by atoms with Gasteiger partial charge in [0.2, 0.25) is 5.91 Å². The Hall–Kier alpha value is -0.790. The number of hydrogen-bond donors (Lipinski definition) is 1. The molecular weight excluding hydrogens is 162 g/mol. The van der Waals surface area contributed by atoms with Crippen LogP contribution in [0, 0.1) is 5.92 Å². The van der Waals surface area contributed by atoms with Gasteiger partial charge in [0.25, 0.3) is 0 Å². The summed E-state index contributed by atoms with van der Waals surface area (Å²) in [5.41, 5.74) is 7.42. The molecule has 0 radical (unpaired) electrons. The Morgan fingerprint density at radius 3 is 2.46 bits per heavy atom. The third-order valence-electron chi connectivity index (χ3n) is 2.72. The minimum absolute atomic E-state index is 0.238. The topological polar surface area (TPSA) is 43.1 Å². The van der Waals surface area contributed by atoms with Gasteiger partial charge in [-0.15, -0.1) is 0 Å². The van der Waals surface area contributed by atoms with E-state index in [0.717, 1.165) is 12.0 Å². The lowest BCUT2D eigenvalue weighted by Crippen LogP contribution is -2.14. The zero-order valence-corrected chi connectivity index (χ0v) is 8.60. The molecule has 1 fully saturated rings. The lowest BCUT2D eigenvalue weighted by Gasteiger charge is -2.08. The quantitative estimate of drug-likeness (QED) is 0.650.